The Labute approximate surface area is 145 Å². The summed E-state index contributed by atoms with van der Waals surface area (Å²) < 4.78 is 1.69. The van der Waals surface area contributed by atoms with Crippen LogP contribution in [0.3, 0.4) is 0 Å². The minimum Gasteiger partial charge on any atom is -0.392 e. The smallest absolute Gasteiger partial charge is 0.252 e. The molecule has 0 bridgehead atoms. The molecule has 0 saturated carbocycles. The van der Waals surface area contributed by atoms with Crippen LogP contribution < -0.4 is 5.32 Å². The summed E-state index contributed by atoms with van der Waals surface area (Å²) in [5, 5.41) is 16.4. The first-order chi connectivity index (χ1) is 12.1. The molecule has 7 nitrogen and oxygen atoms in total. The predicted molar refractivity (Wildman–Crippen MR) is 92.8 cm³/mol. The largest absolute Gasteiger partial charge is 0.392 e. The molecule has 0 fully saturated rings. The van der Waals surface area contributed by atoms with Gasteiger partial charge in [-0.3, -0.25) is 4.79 Å². The molecule has 0 saturated heterocycles. The van der Waals surface area contributed by atoms with Gasteiger partial charge in [-0.1, -0.05) is 24.3 Å². The van der Waals surface area contributed by atoms with Crippen LogP contribution in [0.1, 0.15) is 34.5 Å². The van der Waals surface area contributed by atoms with Crippen molar-refractivity contribution in [1.29, 1.82) is 0 Å². The Hall–Kier alpha value is -2.80. The molecule has 1 amide bonds. The zero-order chi connectivity index (χ0) is 17.8. The van der Waals surface area contributed by atoms with Crippen molar-refractivity contribution >= 4 is 11.7 Å². The van der Waals surface area contributed by atoms with E-state index in [-0.39, 0.29) is 12.5 Å². The summed E-state index contributed by atoms with van der Waals surface area (Å²) in [4.78, 5) is 20.7. The highest BCUT2D eigenvalue weighted by atomic mass is 16.3. The van der Waals surface area contributed by atoms with Gasteiger partial charge in [0.2, 0.25) is 5.91 Å². The standard InChI is InChI=1S/C18H21N5O2/c1-12-16(13(2)23-18(22-12)20-11-21-23)7-8-17(25)19-9-14-5-3-4-6-15(14)10-24/h3-6,11,24H,7-10H2,1-2H3,(H,19,25). The van der Waals surface area contributed by atoms with E-state index >= 15 is 0 Å². The van der Waals surface area contributed by atoms with Gasteiger partial charge in [-0.15, -0.1) is 0 Å². The maximum Gasteiger partial charge on any atom is 0.252 e. The number of hydrogen-bond acceptors (Lipinski definition) is 5. The van der Waals surface area contributed by atoms with Crippen molar-refractivity contribution in [2.24, 2.45) is 0 Å². The molecule has 2 N–H and O–H groups in total. The lowest BCUT2D eigenvalue weighted by molar-refractivity contribution is -0.121. The minimum atomic E-state index is -0.0368. The monoisotopic (exact) mass is 339 g/mol. The van der Waals surface area contributed by atoms with Gasteiger partial charge in [0.05, 0.1) is 6.61 Å². The number of hydrogen-bond donors (Lipinski definition) is 2. The number of nitrogens with one attached hydrogen (secondary N) is 1. The van der Waals surface area contributed by atoms with Crippen molar-refractivity contribution in [2.45, 2.75) is 39.8 Å². The summed E-state index contributed by atoms with van der Waals surface area (Å²) in [7, 11) is 0. The van der Waals surface area contributed by atoms with Crippen LogP contribution in [-0.4, -0.2) is 30.6 Å². The molecule has 0 aliphatic carbocycles. The highest BCUT2D eigenvalue weighted by Gasteiger charge is 2.12. The average Bonchev–Trinajstić information content (AvgIpc) is 3.08. The first kappa shape index (κ1) is 17.0. The molecule has 0 atom stereocenters. The third kappa shape index (κ3) is 3.66. The molecule has 0 spiro atoms. The second-order valence-electron chi connectivity index (χ2n) is 5.94. The molecule has 3 rings (SSSR count). The van der Waals surface area contributed by atoms with Crippen LogP contribution >= 0.6 is 0 Å². The van der Waals surface area contributed by atoms with E-state index in [4.69, 9.17) is 0 Å². The Kier molecular flexibility index (Phi) is 5.04. The summed E-state index contributed by atoms with van der Waals surface area (Å²) in [6.07, 6.45) is 2.43. The fourth-order valence-electron chi connectivity index (χ4n) is 2.92. The fourth-order valence-corrected chi connectivity index (χ4v) is 2.92. The Morgan fingerprint density at radius 1 is 1.24 bits per heavy atom. The summed E-state index contributed by atoms with van der Waals surface area (Å²) in [5.41, 5.74) is 4.60. The van der Waals surface area contributed by atoms with Gasteiger partial charge in [0.1, 0.15) is 6.33 Å². The fraction of sp³-hybridized carbons (Fsp3) is 0.333. The van der Waals surface area contributed by atoms with E-state index in [1.54, 1.807) is 4.52 Å². The molecule has 0 aliphatic rings. The lowest BCUT2D eigenvalue weighted by Crippen LogP contribution is -2.24. The molecule has 0 aliphatic heterocycles. The maximum atomic E-state index is 12.2. The second-order valence-corrected chi connectivity index (χ2v) is 5.94. The summed E-state index contributed by atoms with van der Waals surface area (Å²) in [6.45, 7) is 4.26. The molecular formula is C18H21N5O2. The normalized spacial score (nSPS) is 11.0. The van der Waals surface area contributed by atoms with E-state index in [1.807, 2.05) is 38.1 Å². The highest BCUT2D eigenvalue weighted by molar-refractivity contribution is 5.76. The third-order valence-electron chi connectivity index (χ3n) is 4.36. The van der Waals surface area contributed by atoms with E-state index in [1.165, 1.54) is 6.33 Å². The Morgan fingerprint density at radius 2 is 2.00 bits per heavy atom. The van der Waals surface area contributed by atoms with Crippen molar-refractivity contribution in [3.05, 3.63) is 58.7 Å². The van der Waals surface area contributed by atoms with Crippen molar-refractivity contribution in [3.63, 3.8) is 0 Å². The summed E-state index contributed by atoms with van der Waals surface area (Å²) in [6, 6.07) is 7.53. The van der Waals surface area contributed by atoms with Gasteiger partial charge < -0.3 is 10.4 Å². The number of carbonyl (C=O) groups is 1. The van der Waals surface area contributed by atoms with Gasteiger partial charge in [-0.05, 0) is 37.0 Å². The molecule has 3 aromatic rings. The van der Waals surface area contributed by atoms with Crippen molar-refractivity contribution in [3.8, 4) is 0 Å². The van der Waals surface area contributed by atoms with Gasteiger partial charge in [0.15, 0.2) is 0 Å². The van der Waals surface area contributed by atoms with E-state index in [2.05, 4.69) is 20.4 Å². The third-order valence-corrected chi connectivity index (χ3v) is 4.36. The summed E-state index contributed by atoms with van der Waals surface area (Å²) >= 11 is 0. The first-order valence-electron chi connectivity index (χ1n) is 8.20. The maximum absolute atomic E-state index is 12.2. The molecule has 2 aromatic heterocycles. The quantitative estimate of drug-likeness (QED) is 0.710. The number of aliphatic hydroxyl groups excluding tert-OH is 1. The number of amides is 1. The van der Waals surface area contributed by atoms with Gasteiger partial charge in [0.25, 0.3) is 5.78 Å². The number of nitrogens with zero attached hydrogens (tertiary/aromatic N) is 4. The van der Waals surface area contributed by atoms with Crippen molar-refractivity contribution in [2.75, 3.05) is 0 Å². The lowest BCUT2D eigenvalue weighted by Gasteiger charge is -2.11. The molecule has 25 heavy (non-hydrogen) atoms. The second kappa shape index (κ2) is 7.40. The number of aromatic nitrogens is 4. The number of benzene rings is 1. The van der Waals surface area contributed by atoms with Gasteiger partial charge >= 0.3 is 0 Å². The van der Waals surface area contributed by atoms with E-state index in [0.29, 0.717) is 25.2 Å². The number of aliphatic hydroxyl groups is 1. The Balaban J connectivity index is 1.63. The molecule has 0 unspecified atom stereocenters. The Bertz CT molecular complexity index is 904. The van der Waals surface area contributed by atoms with Crippen LogP contribution in [-0.2, 0) is 24.4 Å². The van der Waals surface area contributed by atoms with E-state index in [9.17, 15) is 9.90 Å². The summed E-state index contributed by atoms with van der Waals surface area (Å²) in [5.74, 6) is 0.536. The van der Waals surface area contributed by atoms with Crippen molar-refractivity contribution in [1.82, 2.24) is 24.9 Å². The zero-order valence-corrected chi connectivity index (χ0v) is 14.4. The molecule has 7 heteroatoms. The topological polar surface area (TPSA) is 92.4 Å². The highest BCUT2D eigenvalue weighted by Crippen LogP contribution is 2.15. The van der Waals surface area contributed by atoms with Crippen LogP contribution in [0.5, 0.6) is 0 Å². The zero-order valence-electron chi connectivity index (χ0n) is 14.4. The van der Waals surface area contributed by atoms with Crippen LogP contribution in [0.4, 0.5) is 0 Å². The Morgan fingerprint density at radius 3 is 2.76 bits per heavy atom. The van der Waals surface area contributed by atoms with E-state index in [0.717, 1.165) is 28.1 Å². The van der Waals surface area contributed by atoms with Gasteiger partial charge in [-0.2, -0.15) is 10.1 Å². The molecule has 130 valence electrons. The van der Waals surface area contributed by atoms with E-state index < -0.39 is 0 Å². The molecule has 1 aromatic carbocycles. The minimum absolute atomic E-state index is 0.0337. The number of rotatable bonds is 6. The molecular weight excluding hydrogens is 318 g/mol. The number of aryl methyl sites for hydroxylation is 2. The first-order valence-corrected chi connectivity index (χ1v) is 8.20. The molecule has 0 radical (unpaired) electrons. The van der Waals surface area contributed by atoms with Crippen LogP contribution in [0, 0.1) is 13.8 Å². The van der Waals surface area contributed by atoms with Crippen molar-refractivity contribution < 1.29 is 9.90 Å². The van der Waals surface area contributed by atoms with Gasteiger partial charge in [-0.25, -0.2) is 9.50 Å². The number of carbonyl (C=O) groups excluding carboxylic acids is 1. The predicted octanol–water partition coefficient (Wildman–Crippen LogP) is 1.48. The van der Waals surface area contributed by atoms with Crippen LogP contribution in [0.25, 0.3) is 5.78 Å². The van der Waals surface area contributed by atoms with Crippen LogP contribution in [0.15, 0.2) is 30.6 Å². The number of fused-ring (bicyclic) bond motifs is 1. The van der Waals surface area contributed by atoms with Gasteiger partial charge in [0, 0.05) is 24.4 Å². The lowest BCUT2D eigenvalue weighted by atomic mass is 10.1. The average molecular weight is 339 g/mol. The molecule has 2 heterocycles. The van der Waals surface area contributed by atoms with Crippen LogP contribution in [0.2, 0.25) is 0 Å². The SMILES string of the molecule is Cc1nc2ncnn2c(C)c1CCC(=O)NCc1ccccc1CO.